The average molecular weight is 1030 g/mol. The fraction of sp³-hybridized carbons (Fsp3) is 0.150. The lowest BCUT2D eigenvalue weighted by atomic mass is 9.82. The van der Waals surface area contributed by atoms with Gasteiger partial charge >= 0.3 is 5.97 Å². The van der Waals surface area contributed by atoms with E-state index in [0.29, 0.717) is 18.8 Å². The number of fused-ring (bicyclic) bond motifs is 11. The van der Waals surface area contributed by atoms with Crippen molar-refractivity contribution < 1.29 is 19.4 Å². The molecule has 0 saturated heterocycles. The number of hydrogen-bond donors (Lipinski definition) is 1. The van der Waals surface area contributed by atoms with Crippen LogP contribution in [0.5, 0.6) is 11.5 Å². The predicted molar refractivity (Wildman–Crippen MR) is 305 cm³/mol. The van der Waals surface area contributed by atoms with Crippen LogP contribution in [-0.4, -0.2) is 24.3 Å². The molecule has 348 valence electrons. The minimum Gasteiger partial charge on any atom is -0.485 e. The predicted octanol–water partition coefficient (Wildman–Crippen LogP) is 18.9. The summed E-state index contributed by atoms with van der Waals surface area (Å²) in [6, 6.07) is 50.0. The van der Waals surface area contributed by atoms with Gasteiger partial charge in [-0.25, -0.2) is 4.79 Å². The quantitative estimate of drug-likeness (QED) is 0.154. The molecule has 0 unspecified atom stereocenters. The van der Waals surface area contributed by atoms with Crippen LogP contribution in [0.25, 0.3) is 86.5 Å². The van der Waals surface area contributed by atoms with Gasteiger partial charge in [-0.1, -0.05) is 100 Å². The molecule has 1 N–H and O–H groups in total. The number of carbonyl (C=O) groups is 1. The molecule has 71 heavy (non-hydrogen) atoms. The highest BCUT2D eigenvalue weighted by Gasteiger charge is 2.38. The second kappa shape index (κ2) is 15.8. The molecule has 0 atom stereocenters. The molecule has 11 heteroatoms. The molecular weight excluding hydrogens is 991 g/mol. The van der Waals surface area contributed by atoms with Gasteiger partial charge in [-0.05, 0) is 124 Å². The number of nitrogens with zero attached hydrogens (tertiary/aromatic N) is 1. The smallest absolute Gasteiger partial charge is 0.331 e. The van der Waals surface area contributed by atoms with Crippen molar-refractivity contribution >= 4 is 125 Å². The number of ether oxygens (including phenoxy) is 2. The molecule has 3 aliphatic rings. The van der Waals surface area contributed by atoms with Crippen molar-refractivity contribution in [1.29, 1.82) is 0 Å². The minimum atomic E-state index is -0.884. The zero-order valence-electron chi connectivity index (χ0n) is 39.3. The zero-order valence-corrected chi connectivity index (χ0v) is 44.2. The zero-order chi connectivity index (χ0) is 48.1. The monoisotopic (exact) mass is 1030 g/mol. The van der Waals surface area contributed by atoms with Gasteiger partial charge in [-0.2, -0.15) is 0 Å². The highest BCUT2D eigenvalue weighted by Crippen LogP contribution is 2.58. The standard InChI is InChI=1S/C60H43NO4S6/c1-31(58(62)63)24-36-27-49-56(66-36)57-51(69-49)30-48(70-57)46-28-45-47(67-46)29-50(68-45)55-53-52(64-22-23-65-53)54(71-55)32-14-16-33(17-15-32)61(34-18-20-39-37-10-6-8-12-41(37)59(2,3)43(39)25-34)35-19-21-40-38-11-7-9-13-42(38)60(4,5)44(40)26-35/h6-21,24-30H,22-23H2,1-5H3,(H,62,63)/b31-24-. The van der Waals surface area contributed by atoms with E-state index in [1.807, 2.05) is 34.0 Å². The van der Waals surface area contributed by atoms with Crippen molar-refractivity contribution in [2.45, 2.75) is 45.4 Å². The molecule has 0 spiro atoms. The van der Waals surface area contributed by atoms with Crippen LogP contribution in [0.2, 0.25) is 0 Å². The Balaban J connectivity index is 0.814. The first kappa shape index (κ1) is 43.5. The van der Waals surface area contributed by atoms with E-state index in [2.05, 4.69) is 166 Å². The number of carboxylic acid groups (broad SMARTS) is 1. The first-order valence-electron chi connectivity index (χ1n) is 23.6. The van der Waals surface area contributed by atoms with E-state index in [-0.39, 0.29) is 10.8 Å². The van der Waals surface area contributed by atoms with Gasteiger partial charge in [-0.15, -0.1) is 68.0 Å². The molecule has 5 aromatic carbocycles. The van der Waals surface area contributed by atoms with E-state index in [4.69, 9.17) is 9.47 Å². The van der Waals surface area contributed by atoms with Crippen LogP contribution in [0.3, 0.4) is 0 Å². The molecule has 6 aromatic heterocycles. The van der Waals surface area contributed by atoms with Crippen molar-refractivity contribution in [2.75, 3.05) is 18.1 Å². The lowest BCUT2D eigenvalue weighted by molar-refractivity contribution is -0.132. The summed E-state index contributed by atoms with van der Waals surface area (Å²) in [5, 5.41) is 9.40. The summed E-state index contributed by atoms with van der Waals surface area (Å²) in [7, 11) is 0. The van der Waals surface area contributed by atoms with Gasteiger partial charge in [0.05, 0.1) is 24.0 Å². The van der Waals surface area contributed by atoms with Crippen LogP contribution < -0.4 is 14.4 Å². The molecule has 14 rings (SSSR count). The first-order chi connectivity index (χ1) is 34.4. The average Bonchev–Trinajstić information content (AvgIpc) is 4.26. The number of thiophene rings is 6. The molecular formula is C60H43NO4S6. The maximum Gasteiger partial charge on any atom is 0.331 e. The van der Waals surface area contributed by atoms with Crippen molar-refractivity contribution in [1.82, 2.24) is 0 Å². The van der Waals surface area contributed by atoms with Crippen LogP contribution in [0.1, 0.15) is 61.7 Å². The van der Waals surface area contributed by atoms with Crippen LogP contribution in [0.4, 0.5) is 17.1 Å². The maximum absolute atomic E-state index is 11.5. The van der Waals surface area contributed by atoms with Crippen molar-refractivity contribution in [3.63, 3.8) is 0 Å². The Labute approximate surface area is 434 Å². The van der Waals surface area contributed by atoms with Crippen LogP contribution in [0, 0.1) is 0 Å². The number of rotatable bonds is 8. The molecule has 0 saturated carbocycles. The van der Waals surface area contributed by atoms with Crippen LogP contribution in [0.15, 0.2) is 139 Å². The number of carboxylic acids is 1. The van der Waals surface area contributed by atoms with Gasteiger partial charge in [-0.3, -0.25) is 0 Å². The Morgan fingerprint density at radius 1 is 0.521 bits per heavy atom. The van der Waals surface area contributed by atoms with Crippen LogP contribution >= 0.6 is 68.0 Å². The van der Waals surface area contributed by atoms with Crippen molar-refractivity contribution in [3.8, 4) is 63.7 Å². The SMILES string of the molecule is C/C(=C/c1cc2sc3cc(-c4cc5sc(-c6sc(-c7ccc(N(c8ccc9c(c8)C(C)(C)c8ccccc8-9)c8ccc9c(c8)C(C)(C)c8ccccc8-9)cc7)c7c6OCCO7)cc5s4)sc3c2s1)C(=O)O. The van der Waals surface area contributed by atoms with E-state index < -0.39 is 5.97 Å². The largest absolute Gasteiger partial charge is 0.485 e. The van der Waals surface area contributed by atoms with Gasteiger partial charge in [0.25, 0.3) is 0 Å². The number of benzene rings is 5. The third-order valence-corrected chi connectivity index (χ3v) is 22.2. The van der Waals surface area contributed by atoms with E-state index >= 15 is 0 Å². The number of anilines is 3. The van der Waals surface area contributed by atoms with Crippen LogP contribution in [-0.2, 0) is 15.6 Å². The summed E-state index contributed by atoms with van der Waals surface area (Å²) < 4.78 is 20.5. The fourth-order valence-corrected chi connectivity index (χ4v) is 18.9. The second-order valence-electron chi connectivity index (χ2n) is 19.6. The fourth-order valence-electron chi connectivity index (χ4n) is 11.1. The third kappa shape index (κ3) is 6.67. The Kier molecular flexibility index (Phi) is 9.70. The Morgan fingerprint density at radius 3 is 1.66 bits per heavy atom. The molecule has 0 bridgehead atoms. The highest BCUT2D eigenvalue weighted by atomic mass is 32.1. The van der Waals surface area contributed by atoms with E-state index in [9.17, 15) is 9.90 Å². The molecule has 1 aliphatic heterocycles. The van der Waals surface area contributed by atoms with E-state index in [1.165, 1.54) is 87.3 Å². The highest BCUT2D eigenvalue weighted by molar-refractivity contribution is 7.40. The third-order valence-electron chi connectivity index (χ3n) is 14.6. The summed E-state index contributed by atoms with van der Waals surface area (Å²) in [6.07, 6.45) is 1.77. The molecule has 5 nitrogen and oxygen atoms in total. The van der Waals surface area contributed by atoms with E-state index in [0.717, 1.165) is 48.8 Å². The molecule has 7 heterocycles. The normalized spacial score (nSPS) is 15.1. The summed E-state index contributed by atoms with van der Waals surface area (Å²) in [5.41, 5.74) is 15.2. The number of hydrogen-bond acceptors (Lipinski definition) is 10. The molecule has 0 radical (unpaired) electrons. The number of aliphatic carboxylic acids is 1. The van der Waals surface area contributed by atoms with Gasteiger partial charge in [0.15, 0.2) is 11.5 Å². The topological polar surface area (TPSA) is 59.0 Å². The van der Waals surface area contributed by atoms with Gasteiger partial charge < -0.3 is 19.5 Å². The summed E-state index contributed by atoms with van der Waals surface area (Å²) in [6.45, 7) is 12.1. The van der Waals surface area contributed by atoms with Gasteiger partial charge in [0.1, 0.15) is 13.2 Å². The summed E-state index contributed by atoms with van der Waals surface area (Å²) >= 11 is 10.7. The first-order valence-corrected chi connectivity index (χ1v) is 28.5. The minimum absolute atomic E-state index is 0.133. The molecule has 11 aromatic rings. The van der Waals surface area contributed by atoms with E-state index in [1.54, 1.807) is 47.0 Å². The Hall–Kier alpha value is -6.31. The molecule has 0 amide bonds. The van der Waals surface area contributed by atoms with Crippen molar-refractivity contribution in [2.24, 2.45) is 0 Å². The van der Waals surface area contributed by atoms with Gasteiger partial charge in [0, 0.05) is 66.9 Å². The summed E-state index contributed by atoms with van der Waals surface area (Å²) in [4.78, 5) is 20.8. The Bertz CT molecular complexity index is 3930. The lowest BCUT2D eigenvalue weighted by Gasteiger charge is -2.30. The molecule has 0 fully saturated rings. The Morgan fingerprint density at radius 2 is 1.03 bits per heavy atom. The van der Waals surface area contributed by atoms with Gasteiger partial charge in [0.2, 0.25) is 0 Å². The summed E-state index contributed by atoms with van der Waals surface area (Å²) in [5.74, 6) is 0.782. The van der Waals surface area contributed by atoms with Crippen molar-refractivity contribution in [3.05, 3.63) is 166 Å². The molecule has 2 aliphatic carbocycles. The second-order valence-corrected chi connectivity index (χ2v) is 26.0. The maximum atomic E-state index is 11.5. The lowest BCUT2D eigenvalue weighted by Crippen LogP contribution is -2.18.